The van der Waals surface area contributed by atoms with E-state index in [2.05, 4.69) is 0 Å². The van der Waals surface area contributed by atoms with E-state index in [1.165, 1.54) is 6.08 Å². The van der Waals surface area contributed by atoms with Crippen molar-refractivity contribution >= 4 is 5.94 Å². The third-order valence-corrected chi connectivity index (χ3v) is 0.863. The zero-order valence-electron chi connectivity index (χ0n) is 4.69. The Balaban J connectivity index is 3.35. The van der Waals surface area contributed by atoms with Gasteiger partial charge in [-0.1, -0.05) is 13.8 Å². The van der Waals surface area contributed by atoms with Gasteiger partial charge in [-0.3, -0.25) is 0 Å². The molecule has 1 radical (unpaired) electrons. The molecule has 0 amide bonds. The molecular formula is C6H9O. The van der Waals surface area contributed by atoms with E-state index in [-0.39, 0.29) is 0 Å². The van der Waals surface area contributed by atoms with Crippen LogP contribution < -0.4 is 0 Å². The minimum absolute atomic E-state index is 0.940. The van der Waals surface area contributed by atoms with Crippen molar-refractivity contribution in [2.45, 2.75) is 20.3 Å². The van der Waals surface area contributed by atoms with Gasteiger partial charge in [0.15, 0.2) is 0 Å². The zero-order chi connectivity index (χ0) is 5.70. The summed E-state index contributed by atoms with van der Waals surface area (Å²) in [6, 6.07) is 0. The number of hydrogen-bond donors (Lipinski definition) is 0. The van der Waals surface area contributed by atoms with Gasteiger partial charge in [-0.15, -0.1) is 0 Å². The molecule has 1 heteroatoms. The quantitative estimate of drug-likeness (QED) is 0.476. The second kappa shape index (κ2) is 3.63. The Labute approximate surface area is 44.0 Å². The summed E-state index contributed by atoms with van der Waals surface area (Å²) in [5, 5.41) is 0. The molecule has 0 aromatic carbocycles. The van der Waals surface area contributed by atoms with Crippen LogP contribution in [-0.2, 0) is 4.79 Å². The Hall–Kier alpha value is -0.550. The molecule has 39 valence electrons. The molecule has 0 spiro atoms. The van der Waals surface area contributed by atoms with E-state index in [9.17, 15) is 4.79 Å². The molecule has 0 N–H and O–H groups in total. The van der Waals surface area contributed by atoms with Gasteiger partial charge in [0.2, 0.25) is 0 Å². The van der Waals surface area contributed by atoms with Gasteiger partial charge in [0, 0.05) is 12.0 Å². The van der Waals surface area contributed by atoms with Gasteiger partial charge >= 0.3 is 0 Å². The minimum atomic E-state index is 0.940. The molecule has 7 heavy (non-hydrogen) atoms. The van der Waals surface area contributed by atoms with Crippen LogP contribution in [0, 0.1) is 5.92 Å². The summed E-state index contributed by atoms with van der Waals surface area (Å²) >= 11 is 0. The van der Waals surface area contributed by atoms with Gasteiger partial charge in [0.25, 0.3) is 0 Å². The average molecular weight is 97.1 g/mol. The Kier molecular flexibility index (Phi) is 3.35. The van der Waals surface area contributed by atoms with Crippen molar-refractivity contribution in [3.05, 3.63) is 12.0 Å². The van der Waals surface area contributed by atoms with E-state index in [0.29, 0.717) is 0 Å². The second-order valence-electron chi connectivity index (χ2n) is 1.46. The highest BCUT2D eigenvalue weighted by atomic mass is 16.1. The first-order valence-corrected chi connectivity index (χ1v) is 2.34. The molecule has 0 bridgehead atoms. The zero-order valence-corrected chi connectivity index (χ0v) is 4.69. The fourth-order valence-electron chi connectivity index (χ4n) is 0.203. The lowest BCUT2D eigenvalue weighted by molar-refractivity contribution is 0.568. The fourth-order valence-corrected chi connectivity index (χ4v) is 0.203. The predicted molar refractivity (Wildman–Crippen MR) is 29.5 cm³/mol. The lowest BCUT2D eigenvalue weighted by atomic mass is 10.1. The monoisotopic (exact) mass is 97.1 g/mol. The summed E-state index contributed by atoms with van der Waals surface area (Å²) in [7, 11) is 0. The summed E-state index contributed by atoms with van der Waals surface area (Å²) in [4.78, 5) is 9.57. The molecule has 0 atom stereocenters. The molecular weight excluding hydrogens is 88.1 g/mol. The van der Waals surface area contributed by atoms with Crippen LogP contribution in [0.5, 0.6) is 0 Å². The van der Waals surface area contributed by atoms with Crippen LogP contribution in [0.2, 0.25) is 0 Å². The number of rotatable bonds is 2. The van der Waals surface area contributed by atoms with Gasteiger partial charge in [-0.2, -0.15) is 0 Å². The average Bonchev–Trinajstić information content (AvgIpc) is 1.68. The highest BCUT2D eigenvalue weighted by Crippen LogP contribution is 2.00. The molecule has 0 aromatic heterocycles. The molecule has 0 fully saturated rings. The molecule has 0 aliphatic carbocycles. The normalized spacial score (nSPS) is 8.43. The van der Waals surface area contributed by atoms with Crippen molar-refractivity contribution in [3.63, 3.8) is 0 Å². The van der Waals surface area contributed by atoms with E-state index in [1.807, 2.05) is 13.8 Å². The van der Waals surface area contributed by atoms with Crippen LogP contribution in [-0.4, -0.2) is 5.94 Å². The molecule has 0 heterocycles. The summed E-state index contributed by atoms with van der Waals surface area (Å²) in [5.41, 5.74) is 0. The highest BCUT2D eigenvalue weighted by Gasteiger charge is 1.88. The number of carbonyl (C=O) groups excluding carboxylic acids is 1. The van der Waals surface area contributed by atoms with Crippen molar-refractivity contribution in [1.29, 1.82) is 0 Å². The highest BCUT2D eigenvalue weighted by molar-refractivity contribution is 5.49. The maximum absolute atomic E-state index is 9.57. The van der Waals surface area contributed by atoms with Crippen molar-refractivity contribution in [2.24, 2.45) is 0 Å². The topological polar surface area (TPSA) is 17.1 Å². The summed E-state index contributed by atoms with van der Waals surface area (Å²) < 4.78 is 0. The maximum Gasteiger partial charge on any atom is 0.120 e. The third kappa shape index (κ3) is 3.28. The van der Waals surface area contributed by atoms with Crippen LogP contribution in [0.25, 0.3) is 0 Å². The first-order valence-electron chi connectivity index (χ1n) is 2.34. The van der Waals surface area contributed by atoms with E-state index < -0.39 is 0 Å². The largest absolute Gasteiger partial charge is 0.234 e. The molecule has 0 aliphatic rings. The maximum atomic E-state index is 9.57. The first kappa shape index (κ1) is 6.45. The summed E-state index contributed by atoms with van der Waals surface area (Å²) in [6.07, 6.45) is 2.40. The first-order chi connectivity index (χ1) is 3.31. The van der Waals surface area contributed by atoms with E-state index in [0.717, 1.165) is 12.3 Å². The van der Waals surface area contributed by atoms with Gasteiger partial charge in [-0.05, 0) is 6.42 Å². The van der Waals surface area contributed by atoms with E-state index >= 15 is 0 Å². The Morgan fingerprint density at radius 3 is 2.57 bits per heavy atom. The van der Waals surface area contributed by atoms with Crippen LogP contribution >= 0.6 is 0 Å². The molecule has 0 saturated carbocycles. The van der Waals surface area contributed by atoms with Crippen molar-refractivity contribution < 1.29 is 4.79 Å². The minimum Gasteiger partial charge on any atom is -0.234 e. The fraction of sp³-hybridized carbons (Fsp3) is 0.500. The van der Waals surface area contributed by atoms with E-state index in [4.69, 9.17) is 0 Å². The number of allylic oxidation sites excluding steroid dienone is 1. The molecule has 0 saturated heterocycles. The number of hydrogen-bond acceptors (Lipinski definition) is 1. The van der Waals surface area contributed by atoms with Gasteiger partial charge in [0.1, 0.15) is 5.94 Å². The smallest absolute Gasteiger partial charge is 0.120 e. The molecule has 0 aliphatic heterocycles. The van der Waals surface area contributed by atoms with Crippen LogP contribution in [0.3, 0.4) is 0 Å². The predicted octanol–water partition coefficient (Wildman–Crippen LogP) is 1.38. The molecule has 0 rings (SSSR count). The van der Waals surface area contributed by atoms with E-state index in [1.54, 1.807) is 5.94 Å². The van der Waals surface area contributed by atoms with Gasteiger partial charge < -0.3 is 0 Å². The Morgan fingerprint density at radius 2 is 2.43 bits per heavy atom. The molecule has 0 aromatic rings. The second-order valence-corrected chi connectivity index (χ2v) is 1.46. The Bertz CT molecular complexity index is 80.2. The SMILES string of the molecule is CC[C](C)C=C=O. The van der Waals surface area contributed by atoms with Crippen LogP contribution in [0.1, 0.15) is 20.3 Å². The van der Waals surface area contributed by atoms with Crippen molar-refractivity contribution in [1.82, 2.24) is 0 Å². The van der Waals surface area contributed by atoms with Gasteiger partial charge in [-0.25, -0.2) is 4.79 Å². The van der Waals surface area contributed by atoms with Crippen molar-refractivity contribution in [3.8, 4) is 0 Å². The summed E-state index contributed by atoms with van der Waals surface area (Å²) in [5.74, 6) is 2.79. The van der Waals surface area contributed by atoms with Crippen LogP contribution in [0.4, 0.5) is 0 Å². The summed E-state index contributed by atoms with van der Waals surface area (Å²) in [6.45, 7) is 3.91. The molecule has 0 unspecified atom stereocenters. The molecule has 1 nitrogen and oxygen atoms in total. The van der Waals surface area contributed by atoms with Crippen LogP contribution in [0.15, 0.2) is 6.08 Å². The Morgan fingerprint density at radius 1 is 1.86 bits per heavy atom. The van der Waals surface area contributed by atoms with Gasteiger partial charge in [0.05, 0.1) is 0 Å². The lowest BCUT2D eigenvalue weighted by Gasteiger charge is -1.91. The standard InChI is InChI=1S/C6H9O/c1-3-6(2)4-5-7/h4H,3H2,1-2H3. The van der Waals surface area contributed by atoms with Crippen molar-refractivity contribution in [2.75, 3.05) is 0 Å². The lowest BCUT2D eigenvalue weighted by Crippen LogP contribution is -1.79. The third-order valence-electron chi connectivity index (χ3n) is 0.863.